The van der Waals surface area contributed by atoms with Crippen molar-refractivity contribution < 1.29 is 52.8 Å². The van der Waals surface area contributed by atoms with E-state index in [1.165, 1.54) is 0 Å². The van der Waals surface area contributed by atoms with Gasteiger partial charge in [0.1, 0.15) is 6.10 Å². The topological polar surface area (TPSA) is 127 Å². The van der Waals surface area contributed by atoms with Crippen LogP contribution in [0.3, 0.4) is 0 Å². The van der Waals surface area contributed by atoms with Crippen molar-refractivity contribution in [3.8, 4) is 11.5 Å². The summed E-state index contributed by atoms with van der Waals surface area (Å²) in [6.45, 7) is 12.6. The molecule has 0 unspecified atom stereocenters. The average molecular weight is 652 g/mol. The third-order valence-corrected chi connectivity index (χ3v) is 9.73. The van der Waals surface area contributed by atoms with E-state index in [-0.39, 0.29) is 24.0 Å². The van der Waals surface area contributed by atoms with Crippen LogP contribution in [0.4, 0.5) is 0 Å². The van der Waals surface area contributed by atoms with Gasteiger partial charge >= 0.3 is 0 Å². The summed E-state index contributed by atoms with van der Waals surface area (Å²) in [6.07, 6.45) is 4.12. The molecule has 5 atom stereocenters. The molecule has 2 bridgehead atoms. The molecular weight excluding hydrogens is 598 g/mol. The second-order valence-corrected chi connectivity index (χ2v) is 12.3. The van der Waals surface area contributed by atoms with Crippen molar-refractivity contribution >= 4 is 0 Å². The number of methoxy groups -OCH3 is 1. The summed E-state index contributed by atoms with van der Waals surface area (Å²) in [5.41, 5.74) is 0.592. The molecule has 12 nitrogen and oxygen atoms in total. The van der Waals surface area contributed by atoms with Gasteiger partial charge < -0.3 is 52.8 Å². The number of phenolic OH excluding ortho intramolecular Hbond substituents is 1. The molecule has 1 aromatic carbocycles. The lowest BCUT2D eigenvalue weighted by Crippen LogP contribution is -2.77. The summed E-state index contributed by atoms with van der Waals surface area (Å²) >= 11 is 0. The van der Waals surface area contributed by atoms with E-state index in [0.717, 1.165) is 37.1 Å². The molecule has 4 aliphatic rings. The van der Waals surface area contributed by atoms with Crippen LogP contribution in [0.15, 0.2) is 24.8 Å². The maximum absolute atomic E-state index is 12.4. The highest BCUT2D eigenvalue weighted by molar-refractivity contribution is 5.62. The van der Waals surface area contributed by atoms with E-state index in [1.807, 2.05) is 12.1 Å². The number of nitrogens with zero attached hydrogens (tertiary/aromatic N) is 1. The molecule has 5 rings (SSSR count). The number of ether oxygens (including phenoxy) is 9. The molecule has 2 heterocycles. The number of aromatic hydroxyl groups is 1. The Hall–Kier alpha value is -1.84. The molecule has 0 amide bonds. The van der Waals surface area contributed by atoms with Crippen molar-refractivity contribution in [2.24, 2.45) is 0 Å². The Morgan fingerprint density at radius 2 is 1.41 bits per heavy atom. The van der Waals surface area contributed by atoms with Crippen molar-refractivity contribution in [3.05, 3.63) is 35.9 Å². The number of piperidine rings is 1. The Morgan fingerprint density at radius 1 is 0.848 bits per heavy atom. The maximum Gasteiger partial charge on any atom is 0.165 e. The zero-order chi connectivity index (χ0) is 32.2. The van der Waals surface area contributed by atoms with Gasteiger partial charge in [0.25, 0.3) is 0 Å². The van der Waals surface area contributed by atoms with Crippen molar-refractivity contribution in [1.82, 2.24) is 4.90 Å². The first kappa shape index (κ1) is 35.5. The zero-order valence-corrected chi connectivity index (χ0v) is 27.3. The third kappa shape index (κ3) is 7.72. The largest absolute Gasteiger partial charge is 0.504 e. The first-order valence-corrected chi connectivity index (χ1v) is 16.7. The van der Waals surface area contributed by atoms with E-state index in [2.05, 4.69) is 11.5 Å². The lowest BCUT2D eigenvalue weighted by Gasteiger charge is -2.64. The Kier molecular flexibility index (Phi) is 13.5. The summed E-state index contributed by atoms with van der Waals surface area (Å²) < 4.78 is 50.9. The highest BCUT2D eigenvalue weighted by atomic mass is 16.6. The SMILES string of the molecule is C=CCN1CC[C@]23c4c5ccc(O)c4O[C@H]2[C@H](OCCOCCOCCOCCOCCOCCOCCOC)CC[C@@]3(O)[C@H]1C5. The van der Waals surface area contributed by atoms with Crippen molar-refractivity contribution in [1.29, 1.82) is 0 Å². The number of benzene rings is 1. The average Bonchev–Trinajstić information content (AvgIpc) is 3.41. The van der Waals surface area contributed by atoms with Gasteiger partial charge in [-0.15, -0.1) is 6.58 Å². The lowest BCUT2D eigenvalue weighted by atomic mass is 9.48. The standard InChI is InChI=1S/C34H53NO11/c1-3-9-35-10-8-33-30-26-4-5-27(36)31(30)46-32(33)28(6-7-34(33,37)29(35)25-26)45-24-23-44-22-21-43-20-19-42-18-17-41-16-15-40-14-13-39-12-11-38-2/h3-5,28-29,32,36-37H,1,6-25H2,2H3/t28-,29-,32+,33+,34-/m1/s1. The van der Waals surface area contributed by atoms with Gasteiger partial charge in [0.2, 0.25) is 0 Å². The molecule has 2 aliphatic carbocycles. The first-order chi connectivity index (χ1) is 22.6. The summed E-state index contributed by atoms with van der Waals surface area (Å²) in [6, 6.07) is 3.69. The quantitative estimate of drug-likeness (QED) is 0.125. The van der Waals surface area contributed by atoms with Gasteiger partial charge in [-0.3, -0.25) is 4.90 Å². The summed E-state index contributed by atoms with van der Waals surface area (Å²) in [5, 5.41) is 23.1. The number of hydrogen-bond acceptors (Lipinski definition) is 12. The van der Waals surface area contributed by atoms with E-state index in [0.29, 0.717) is 111 Å². The van der Waals surface area contributed by atoms with Crippen LogP contribution in [-0.2, 0) is 49.7 Å². The van der Waals surface area contributed by atoms with Crippen LogP contribution in [0, 0.1) is 0 Å². The normalized spacial score (nSPS) is 27.8. The van der Waals surface area contributed by atoms with Crippen LogP contribution < -0.4 is 4.74 Å². The van der Waals surface area contributed by atoms with Crippen molar-refractivity contribution in [2.45, 2.75) is 54.9 Å². The van der Waals surface area contributed by atoms with E-state index in [1.54, 1.807) is 13.2 Å². The van der Waals surface area contributed by atoms with Crippen molar-refractivity contribution in [2.75, 3.05) is 113 Å². The molecule has 1 aromatic rings. The van der Waals surface area contributed by atoms with Gasteiger partial charge in [0.15, 0.2) is 11.5 Å². The molecule has 0 radical (unpaired) electrons. The second-order valence-electron chi connectivity index (χ2n) is 12.3. The van der Waals surface area contributed by atoms with Crippen LogP contribution in [0.25, 0.3) is 0 Å². The lowest BCUT2D eigenvalue weighted by molar-refractivity contribution is -0.215. The summed E-state index contributed by atoms with van der Waals surface area (Å²) in [4.78, 5) is 2.35. The minimum Gasteiger partial charge on any atom is -0.504 e. The predicted octanol–water partition coefficient (Wildman–Crippen LogP) is 1.86. The van der Waals surface area contributed by atoms with Crippen LogP contribution in [0.5, 0.6) is 11.5 Å². The molecule has 2 aliphatic heterocycles. The molecule has 2 fully saturated rings. The van der Waals surface area contributed by atoms with Gasteiger partial charge in [0, 0.05) is 25.3 Å². The fourth-order valence-corrected chi connectivity index (χ4v) is 7.74. The maximum atomic E-state index is 12.4. The van der Waals surface area contributed by atoms with E-state index < -0.39 is 11.0 Å². The molecular formula is C34H53NO11. The van der Waals surface area contributed by atoms with E-state index in [9.17, 15) is 10.2 Å². The summed E-state index contributed by atoms with van der Waals surface area (Å²) in [7, 11) is 1.65. The number of phenols is 1. The molecule has 12 heteroatoms. The number of likely N-dealkylation sites (tertiary alicyclic amines) is 1. The molecule has 1 spiro atoms. The molecule has 0 aromatic heterocycles. The molecule has 260 valence electrons. The van der Waals surface area contributed by atoms with Crippen LogP contribution in [0.1, 0.15) is 30.4 Å². The third-order valence-electron chi connectivity index (χ3n) is 9.73. The highest BCUT2D eigenvalue weighted by Gasteiger charge is 2.73. The number of hydrogen-bond donors (Lipinski definition) is 2. The van der Waals surface area contributed by atoms with Gasteiger partial charge in [-0.05, 0) is 43.9 Å². The zero-order valence-electron chi connectivity index (χ0n) is 27.3. The van der Waals surface area contributed by atoms with E-state index in [4.69, 9.17) is 42.6 Å². The Labute approximate surface area is 272 Å². The Morgan fingerprint density at radius 3 is 1.98 bits per heavy atom. The van der Waals surface area contributed by atoms with Gasteiger partial charge in [-0.1, -0.05) is 12.1 Å². The van der Waals surface area contributed by atoms with E-state index >= 15 is 0 Å². The Balaban J connectivity index is 0.930. The number of rotatable bonds is 24. The van der Waals surface area contributed by atoms with Crippen LogP contribution in [-0.4, -0.2) is 152 Å². The Bertz CT molecular complexity index is 1090. The molecule has 1 saturated heterocycles. The van der Waals surface area contributed by atoms with Gasteiger partial charge in [0.05, 0.1) is 110 Å². The molecule has 46 heavy (non-hydrogen) atoms. The smallest absolute Gasteiger partial charge is 0.165 e. The highest BCUT2D eigenvalue weighted by Crippen LogP contribution is 2.65. The fraction of sp³-hybridized carbons (Fsp3) is 0.765. The van der Waals surface area contributed by atoms with Gasteiger partial charge in [-0.2, -0.15) is 0 Å². The second kappa shape index (κ2) is 17.5. The van der Waals surface area contributed by atoms with Gasteiger partial charge in [-0.25, -0.2) is 0 Å². The van der Waals surface area contributed by atoms with Crippen LogP contribution in [0.2, 0.25) is 0 Å². The first-order valence-electron chi connectivity index (χ1n) is 16.7. The summed E-state index contributed by atoms with van der Waals surface area (Å²) in [5.74, 6) is 0.660. The minimum atomic E-state index is -0.954. The molecule has 2 N–H and O–H groups in total. The number of aliphatic hydroxyl groups is 1. The minimum absolute atomic E-state index is 0.0238. The monoisotopic (exact) mass is 651 g/mol. The predicted molar refractivity (Wildman–Crippen MR) is 169 cm³/mol. The molecule has 1 saturated carbocycles. The van der Waals surface area contributed by atoms with Crippen molar-refractivity contribution in [3.63, 3.8) is 0 Å². The fourth-order valence-electron chi connectivity index (χ4n) is 7.74. The van der Waals surface area contributed by atoms with Crippen LogP contribution >= 0.6 is 0 Å².